The number of carboxylic acids is 1. The largest absolute Gasteiger partial charge is 0.481 e. The molecule has 1 atom stereocenters. The Bertz CT molecular complexity index is 477. The van der Waals surface area contributed by atoms with Gasteiger partial charge in [0.15, 0.2) is 0 Å². The normalized spacial score (nSPS) is 11.9. The third-order valence-corrected chi connectivity index (χ3v) is 3.42. The van der Waals surface area contributed by atoms with E-state index in [2.05, 4.69) is 21.2 Å². The number of carbonyl (C=O) groups is 2. The molecule has 0 aromatic heterocycles. The van der Waals surface area contributed by atoms with Gasteiger partial charge in [-0.1, -0.05) is 13.3 Å². The fraction of sp³-hybridized carbons (Fsp3) is 0.385. The summed E-state index contributed by atoms with van der Waals surface area (Å²) in [6, 6.07) is 4.91. The van der Waals surface area contributed by atoms with E-state index < -0.39 is 11.9 Å². The minimum absolute atomic E-state index is 0.114. The standard InChI is InChI=1S/C13H17BrN2O3/c1-2-3-8(13(18)19)7-16-12(17)10-6-9(15)4-5-11(10)14/h4-6,8H,2-3,7,15H2,1H3,(H,16,17)(H,18,19). The number of carbonyl (C=O) groups excluding carboxylic acids is 1. The molecule has 4 N–H and O–H groups in total. The van der Waals surface area contributed by atoms with Crippen LogP contribution in [0.1, 0.15) is 30.1 Å². The van der Waals surface area contributed by atoms with Crippen molar-refractivity contribution in [2.75, 3.05) is 12.3 Å². The molecule has 19 heavy (non-hydrogen) atoms. The molecule has 0 aliphatic rings. The lowest BCUT2D eigenvalue weighted by Gasteiger charge is -2.13. The molecule has 0 bridgehead atoms. The molecular formula is C13H17BrN2O3. The summed E-state index contributed by atoms with van der Waals surface area (Å²) in [5.74, 6) is -1.79. The van der Waals surface area contributed by atoms with E-state index in [1.807, 2.05) is 6.92 Å². The monoisotopic (exact) mass is 328 g/mol. The minimum atomic E-state index is -0.895. The summed E-state index contributed by atoms with van der Waals surface area (Å²) in [6.45, 7) is 2.02. The molecule has 6 heteroatoms. The van der Waals surface area contributed by atoms with Crippen LogP contribution in [0.25, 0.3) is 0 Å². The fourth-order valence-corrected chi connectivity index (χ4v) is 2.12. The summed E-state index contributed by atoms with van der Waals surface area (Å²) in [5.41, 5.74) is 6.51. The molecule has 0 spiro atoms. The lowest BCUT2D eigenvalue weighted by Crippen LogP contribution is -2.33. The van der Waals surface area contributed by atoms with E-state index >= 15 is 0 Å². The maximum Gasteiger partial charge on any atom is 0.308 e. The van der Waals surface area contributed by atoms with Gasteiger partial charge in [-0.25, -0.2) is 0 Å². The molecular weight excluding hydrogens is 312 g/mol. The average Bonchev–Trinajstić information content (AvgIpc) is 2.36. The van der Waals surface area contributed by atoms with Crippen molar-refractivity contribution in [1.82, 2.24) is 5.32 Å². The van der Waals surface area contributed by atoms with Crippen molar-refractivity contribution < 1.29 is 14.7 Å². The first kappa shape index (κ1) is 15.5. The van der Waals surface area contributed by atoms with E-state index in [0.29, 0.717) is 22.1 Å². The zero-order valence-corrected chi connectivity index (χ0v) is 12.2. The molecule has 0 saturated carbocycles. The van der Waals surface area contributed by atoms with Gasteiger partial charge in [-0.2, -0.15) is 0 Å². The summed E-state index contributed by atoms with van der Waals surface area (Å²) < 4.78 is 0.626. The van der Waals surface area contributed by atoms with E-state index in [1.54, 1.807) is 18.2 Å². The van der Waals surface area contributed by atoms with Crippen LogP contribution in [0.4, 0.5) is 5.69 Å². The minimum Gasteiger partial charge on any atom is -0.481 e. The number of nitrogens with two attached hydrogens (primary N) is 1. The van der Waals surface area contributed by atoms with Gasteiger partial charge in [0.25, 0.3) is 5.91 Å². The Labute approximate surface area is 120 Å². The van der Waals surface area contributed by atoms with Crippen molar-refractivity contribution >= 4 is 33.5 Å². The molecule has 0 aliphatic carbocycles. The first-order valence-electron chi connectivity index (χ1n) is 6.01. The van der Waals surface area contributed by atoms with Crippen LogP contribution in [0.2, 0.25) is 0 Å². The first-order chi connectivity index (χ1) is 8.95. The summed E-state index contributed by atoms with van der Waals surface area (Å²) in [7, 11) is 0. The van der Waals surface area contributed by atoms with Crippen LogP contribution in [0.5, 0.6) is 0 Å². The molecule has 1 amide bonds. The molecule has 0 fully saturated rings. The molecule has 0 radical (unpaired) electrons. The highest BCUT2D eigenvalue weighted by atomic mass is 79.9. The summed E-state index contributed by atoms with van der Waals surface area (Å²) in [4.78, 5) is 22.9. The molecule has 0 heterocycles. The number of carboxylic acid groups (broad SMARTS) is 1. The SMILES string of the molecule is CCCC(CNC(=O)c1cc(N)ccc1Br)C(=O)O. The lowest BCUT2D eigenvalue weighted by molar-refractivity contribution is -0.141. The Morgan fingerprint density at radius 2 is 2.16 bits per heavy atom. The highest BCUT2D eigenvalue weighted by Gasteiger charge is 2.18. The number of nitrogen functional groups attached to an aromatic ring is 1. The Hall–Kier alpha value is -1.56. The number of halogens is 1. The second kappa shape index (κ2) is 7.13. The number of amides is 1. The number of nitrogens with one attached hydrogen (secondary N) is 1. The number of anilines is 1. The number of benzene rings is 1. The van der Waals surface area contributed by atoms with Gasteiger partial charge >= 0.3 is 5.97 Å². The Morgan fingerprint density at radius 3 is 2.74 bits per heavy atom. The van der Waals surface area contributed by atoms with Gasteiger partial charge in [0, 0.05) is 16.7 Å². The van der Waals surface area contributed by atoms with Gasteiger partial charge in [0.1, 0.15) is 0 Å². The third-order valence-electron chi connectivity index (χ3n) is 2.73. The maximum atomic E-state index is 12.0. The van der Waals surface area contributed by atoms with E-state index in [0.717, 1.165) is 6.42 Å². The van der Waals surface area contributed by atoms with Crippen molar-refractivity contribution in [3.63, 3.8) is 0 Å². The molecule has 0 saturated heterocycles. The van der Waals surface area contributed by atoms with Crippen molar-refractivity contribution in [3.05, 3.63) is 28.2 Å². The predicted octanol–water partition coefficient (Wildman–Crippen LogP) is 2.26. The average molecular weight is 329 g/mol. The smallest absolute Gasteiger partial charge is 0.308 e. The maximum absolute atomic E-state index is 12.0. The van der Waals surface area contributed by atoms with Crippen LogP contribution in [-0.4, -0.2) is 23.5 Å². The Kier molecular flexibility index (Phi) is 5.82. The van der Waals surface area contributed by atoms with Gasteiger partial charge < -0.3 is 16.2 Å². The first-order valence-corrected chi connectivity index (χ1v) is 6.81. The summed E-state index contributed by atoms with van der Waals surface area (Å²) in [5, 5.41) is 11.6. The van der Waals surface area contributed by atoms with E-state index in [9.17, 15) is 9.59 Å². The molecule has 1 aromatic carbocycles. The van der Waals surface area contributed by atoms with Gasteiger partial charge in [-0.05, 0) is 40.5 Å². The fourth-order valence-electron chi connectivity index (χ4n) is 1.69. The zero-order valence-electron chi connectivity index (χ0n) is 10.6. The lowest BCUT2D eigenvalue weighted by atomic mass is 10.0. The number of rotatable bonds is 6. The van der Waals surface area contributed by atoms with Crippen molar-refractivity contribution in [2.45, 2.75) is 19.8 Å². The van der Waals surface area contributed by atoms with Crippen LogP contribution in [0, 0.1) is 5.92 Å². The number of hydrogen-bond donors (Lipinski definition) is 3. The van der Waals surface area contributed by atoms with Crippen LogP contribution in [0.15, 0.2) is 22.7 Å². The van der Waals surface area contributed by atoms with E-state index in [1.165, 1.54) is 0 Å². The van der Waals surface area contributed by atoms with Gasteiger partial charge in [0.2, 0.25) is 0 Å². The van der Waals surface area contributed by atoms with Crippen LogP contribution in [0.3, 0.4) is 0 Å². The zero-order chi connectivity index (χ0) is 14.4. The second-order valence-electron chi connectivity index (χ2n) is 4.27. The van der Waals surface area contributed by atoms with Gasteiger partial charge in [0.05, 0.1) is 11.5 Å². The van der Waals surface area contributed by atoms with Crippen LogP contribution >= 0.6 is 15.9 Å². The molecule has 1 unspecified atom stereocenters. The second-order valence-corrected chi connectivity index (χ2v) is 5.13. The Morgan fingerprint density at radius 1 is 1.47 bits per heavy atom. The predicted molar refractivity (Wildman–Crippen MR) is 76.9 cm³/mol. The molecule has 0 aliphatic heterocycles. The topological polar surface area (TPSA) is 92.4 Å². The van der Waals surface area contributed by atoms with Crippen molar-refractivity contribution in [3.8, 4) is 0 Å². The van der Waals surface area contributed by atoms with Gasteiger partial charge in [-0.15, -0.1) is 0 Å². The van der Waals surface area contributed by atoms with Crippen LogP contribution < -0.4 is 11.1 Å². The van der Waals surface area contributed by atoms with Crippen LogP contribution in [-0.2, 0) is 4.79 Å². The van der Waals surface area contributed by atoms with E-state index in [4.69, 9.17) is 10.8 Å². The highest BCUT2D eigenvalue weighted by molar-refractivity contribution is 9.10. The van der Waals surface area contributed by atoms with Crippen molar-refractivity contribution in [1.29, 1.82) is 0 Å². The molecule has 104 valence electrons. The highest BCUT2D eigenvalue weighted by Crippen LogP contribution is 2.19. The molecule has 5 nitrogen and oxygen atoms in total. The quantitative estimate of drug-likeness (QED) is 0.698. The molecule has 1 aromatic rings. The molecule has 1 rings (SSSR count). The number of aliphatic carboxylic acids is 1. The third kappa shape index (κ3) is 4.55. The summed E-state index contributed by atoms with van der Waals surface area (Å²) >= 11 is 3.27. The Balaban J connectivity index is 2.69. The van der Waals surface area contributed by atoms with E-state index in [-0.39, 0.29) is 12.5 Å². The number of hydrogen-bond acceptors (Lipinski definition) is 3. The van der Waals surface area contributed by atoms with Crippen molar-refractivity contribution in [2.24, 2.45) is 5.92 Å². The van der Waals surface area contributed by atoms with Gasteiger partial charge in [-0.3, -0.25) is 9.59 Å². The summed E-state index contributed by atoms with van der Waals surface area (Å²) in [6.07, 6.45) is 1.29.